The van der Waals surface area contributed by atoms with Gasteiger partial charge in [-0.05, 0) is 38.4 Å². The number of hydrogen-bond donors (Lipinski definition) is 2. The highest BCUT2D eigenvalue weighted by molar-refractivity contribution is 5.83. The van der Waals surface area contributed by atoms with Crippen molar-refractivity contribution in [1.82, 2.24) is 10.3 Å². The molecule has 0 fully saturated rings. The molecule has 0 bridgehead atoms. The predicted molar refractivity (Wildman–Crippen MR) is 64.0 cm³/mol. The van der Waals surface area contributed by atoms with E-state index in [1.54, 1.807) is 6.20 Å². The van der Waals surface area contributed by atoms with Crippen LogP contribution in [-0.2, 0) is 4.79 Å². The van der Waals surface area contributed by atoms with E-state index in [-0.39, 0.29) is 11.8 Å². The lowest BCUT2D eigenvalue weighted by molar-refractivity contribution is -0.122. The molecule has 0 saturated heterocycles. The van der Waals surface area contributed by atoms with Gasteiger partial charge in [0, 0.05) is 12.7 Å². The molecule has 0 saturated carbocycles. The topological polar surface area (TPSA) is 68.0 Å². The molecular formula is C12H19N3O. The van der Waals surface area contributed by atoms with Crippen molar-refractivity contribution in [2.24, 2.45) is 5.73 Å². The van der Waals surface area contributed by atoms with Gasteiger partial charge in [0.15, 0.2) is 0 Å². The van der Waals surface area contributed by atoms with Crippen molar-refractivity contribution in [3.63, 3.8) is 0 Å². The Morgan fingerprint density at radius 3 is 2.94 bits per heavy atom. The zero-order chi connectivity index (χ0) is 11.8. The molecule has 88 valence electrons. The number of rotatable bonds is 6. The van der Waals surface area contributed by atoms with E-state index < -0.39 is 0 Å². The molecule has 1 aromatic heterocycles. The summed E-state index contributed by atoms with van der Waals surface area (Å²) < 4.78 is 0. The first-order valence-corrected chi connectivity index (χ1v) is 5.68. The first-order valence-electron chi connectivity index (χ1n) is 5.68. The monoisotopic (exact) mass is 221 g/mol. The normalized spacial score (nSPS) is 12.1. The molecule has 0 radical (unpaired) electrons. The fraction of sp³-hybridized carbons (Fsp3) is 0.500. The third kappa shape index (κ3) is 3.62. The van der Waals surface area contributed by atoms with Gasteiger partial charge in [-0.15, -0.1) is 0 Å². The van der Waals surface area contributed by atoms with Crippen molar-refractivity contribution in [1.29, 1.82) is 0 Å². The van der Waals surface area contributed by atoms with Gasteiger partial charge in [-0.3, -0.25) is 9.78 Å². The Balaban J connectivity index is 2.74. The van der Waals surface area contributed by atoms with Crippen LogP contribution < -0.4 is 11.1 Å². The van der Waals surface area contributed by atoms with Crippen LogP contribution in [0.2, 0.25) is 0 Å². The largest absolute Gasteiger partial charge is 0.356 e. The van der Waals surface area contributed by atoms with Gasteiger partial charge in [0.2, 0.25) is 5.91 Å². The van der Waals surface area contributed by atoms with Gasteiger partial charge < -0.3 is 11.1 Å². The van der Waals surface area contributed by atoms with Crippen LogP contribution in [0.4, 0.5) is 0 Å². The maximum Gasteiger partial charge on any atom is 0.229 e. The lowest BCUT2D eigenvalue weighted by Gasteiger charge is -2.15. The molecule has 0 aliphatic rings. The van der Waals surface area contributed by atoms with Crippen molar-refractivity contribution >= 4 is 5.91 Å². The molecule has 1 rings (SSSR count). The number of carbonyl (C=O) groups excluding carboxylic acids is 1. The lowest BCUT2D eigenvalue weighted by atomic mass is 9.97. The predicted octanol–water partition coefficient (Wildman–Crippen LogP) is 1.04. The van der Waals surface area contributed by atoms with E-state index in [1.165, 1.54) is 0 Å². The third-order valence-corrected chi connectivity index (χ3v) is 2.41. The molecule has 0 aromatic carbocycles. The van der Waals surface area contributed by atoms with Gasteiger partial charge >= 0.3 is 0 Å². The second-order valence-electron chi connectivity index (χ2n) is 3.63. The van der Waals surface area contributed by atoms with Gasteiger partial charge in [-0.1, -0.05) is 6.07 Å². The standard InChI is InChI=1S/C12H19N3O/c1-2-14-12(16)10(6-5-8-13)11-7-3-4-9-15-11/h3-4,7,9-10H,2,5-6,8,13H2,1H3,(H,14,16). The summed E-state index contributed by atoms with van der Waals surface area (Å²) in [4.78, 5) is 16.1. The zero-order valence-electron chi connectivity index (χ0n) is 9.65. The molecule has 4 heteroatoms. The molecule has 4 nitrogen and oxygen atoms in total. The number of nitrogens with two attached hydrogens (primary N) is 1. The summed E-state index contributed by atoms with van der Waals surface area (Å²) in [6, 6.07) is 5.63. The van der Waals surface area contributed by atoms with Crippen LogP contribution in [0.25, 0.3) is 0 Å². The number of amides is 1. The molecule has 1 heterocycles. The minimum absolute atomic E-state index is 0.0367. The number of nitrogens with one attached hydrogen (secondary N) is 1. The van der Waals surface area contributed by atoms with Gasteiger partial charge in [0.25, 0.3) is 0 Å². The van der Waals surface area contributed by atoms with E-state index in [0.717, 1.165) is 18.5 Å². The van der Waals surface area contributed by atoms with Crippen LogP contribution in [0.5, 0.6) is 0 Å². The minimum Gasteiger partial charge on any atom is -0.356 e. The van der Waals surface area contributed by atoms with Crippen LogP contribution in [0, 0.1) is 0 Å². The van der Waals surface area contributed by atoms with Crippen LogP contribution in [0.15, 0.2) is 24.4 Å². The van der Waals surface area contributed by atoms with E-state index in [0.29, 0.717) is 13.1 Å². The molecule has 3 N–H and O–H groups in total. The van der Waals surface area contributed by atoms with Crippen molar-refractivity contribution in [3.8, 4) is 0 Å². The van der Waals surface area contributed by atoms with E-state index in [2.05, 4.69) is 10.3 Å². The van der Waals surface area contributed by atoms with Crippen LogP contribution >= 0.6 is 0 Å². The van der Waals surface area contributed by atoms with E-state index >= 15 is 0 Å². The maximum atomic E-state index is 11.9. The zero-order valence-corrected chi connectivity index (χ0v) is 9.65. The Bertz CT molecular complexity index is 313. The van der Waals surface area contributed by atoms with Crippen LogP contribution in [0.1, 0.15) is 31.4 Å². The molecule has 16 heavy (non-hydrogen) atoms. The summed E-state index contributed by atoms with van der Waals surface area (Å²) in [5, 5.41) is 2.83. The average Bonchev–Trinajstić information content (AvgIpc) is 2.31. The van der Waals surface area contributed by atoms with Crippen LogP contribution in [-0.4, -0.2) is 24.0 Å². The molecule has 0 spiro atoms. The summed E-state index contributed by atoms with van der Waals surface area (Å²) in [5.41, 5.74) is 6.30. The Hall–Kier alpha value is -1.42. The summed E-state index contributed by atoms with van der Waals surface area (Å²) in [6.45, 7) is 3.16. The number of likely N-dealkylation sites (N-methyl/N-ethyl adjacent to an activating group) is 1. The highest BCUT2D eigenvalue weighted by Gasteiger charge is 2.20. The molecule has 1 aromatic rings. The van der Waals surface area contributed by atoms with E-state index in [1.807, 2.05) is 25.1 Å². The average molecular weight is 221 g/mol. The Morgan fingerprint density at radius 2 is 2.38 bits per heavy atom. The first-order chi connectivity index (χ1) is 7.79. The number of aromatic nitrogens is 1. The number of pyridine rings is 1. The summed E-state index contributed by atoms with van der Waals surface area (Å²) in [6.07, 6.45) is 3.29. The summed E-state index contributed by atoms with van der Waals surface area (Å²) in [5.74, 6) is -0.139. The second kappa shape index (κ2) is 6.95. The molecule has 1 atom stereocenters. The van der Waals surface area contributed by atoms with Crippen molar-refractivity contribution in [3.05, 3.63) is 30.1 Å². The van der Waals surface area contributed by atoms with Crippen molar-refractivity contribution in [2.45, 2.75) is 25.7 Å². The van der Waals surface area contributed by atoms with E-state index in [4.69, 9.17) is 5.73 Å². The van der Waals surface area contributed by atoms with Gasteiger partial charge in [0.1, 0.15) is 0 Å². The number of nitrogens with zero attached hydrogens (tertiary/aromatic N) is 1. The molecule has 1 amide bonds. The Labute approximate surface area is 96.3 Å². The van der Waals surface area contributed by atoms with Gasteiger partial charge in [0.05, 0.1) is 11.6 Å². The fourth-order valence-corrected chi connectivity index (χ4v) is 1.61. The molecular weight excluding hydrogens is 202 g/mol. The summed E-state index contributed by atoms with van der Waals surface area (Å²) in [7, 11) is 0. The highest BCUT2D eigenvalue weighted by Crippen LogP contribution is 2.18. The first kappa shape index (κ1) is 12.6. The van der Waals surface area contributed by atoms with Crippen molar-refractivity contribution in [2.75, 3.05) is 13.1 Å². The second-order valence-corrected chi connectivity index (χ2v) is 3.63. The fourth-order valence-electron chi connectivity index (χ4n) is 1.61. The Kier molecular flexibility index (Phi) is 5.50. The number of carbonyl (C=O) groups is 1. The minimum atomic E-state index is -0.176. The summed E-state index contributed by atoms with van der Waals surface area (Å²) >= 11 is 0. The molecule has 0 aliphatic carbocycles. The maximum absolute atomic E-state index is 11.9. The molecule has 0 aliphatic heterocycles. The van der Waals surface area contributed by atoms with Gasteiger partial charge in [-0.25, -0.2) is 0 Å². The quantitative estimate of drug-likeness (QED) is 0.754. The van der Waals surface area contributed by atoms with Gasteiger partial charge in [-0.2, -0.15) is 0 Å². The third-order valence-electron chi connectivity index (χ3n) is 2.41. The SMILES string of the molecule is CCNC(=O)C(CCCN)c1ccccn1. The number of hydrogen-bond acceptors (Lipinski definition) is 3. The lowest BCUT2D eigenvalue weighted by Crippen LogP contribution is -2.30. The van der Waals surface area contributed by atoms with E-state index in [9.17, 15) is 4.79 Å². The molecule has 1 unspecified atom stereocenters. The van der Waals surface area contributed by atoms with Crippen molar-refractivity contribution < 1.29 is 4.79 Å². The smallest absolute Gasteiger partial charge is 0.229 e. The highest BCUT2D eigenvalue weighted by atomic mass is 16.1. The van der Waals surface area contributed by atoms with Crippen LogP contribution in [0.3, 0.4) is 0 Å². The Morgan fingerprint density at radius 1 is 1.56 bits per heavy atom.